The average Bonchev–Trinajstić information content (AvgIpc) is 2.83. The van der Waals surface area contributed by atoms with Crippen molar-refractivity contribution in [3.8, 4) is 11.5 Å². The lowest BCUT2D eigenvalue weighted by Crippen LogP contribution is -2.38. The molecule has 0 saturated carbocycles. The number of hydrogen-bond donors (Lipinski definition) is 1. The van der Waals surface area contributed by atoms with Gasteiger partial charge in [-0.15, -0.1) is 0 Å². The van der Waals surface area contributed by atoms with E-state index >= 15 is 0 Å². The van der Waals surface area contributed by atoms with Crippen LogP contribution in [0.3, 0.4) is 0 Å². The fourth-order valence-corrected chi connectivity index (χ4v) is 4.95. The Bertz CT molecular complexity index is 1330. The molecule has 3 aromatic carbocycles. The van der Waals surface area contributed by atoms with Crippen molar-refractivity contribution in [3.63, 3.8) is 0 Å². The highest BCUT2D eigenvalue weighted by Gasteiger charge is 2.33. The van der Waals surface area contributed by atoms with Gasteiger partial charge in [0.2, 0.25) is 5.91 Å². The van der Waals surface area contributed by atoms with Gasteiger partial charge >= 0.3 is 6.18 Å². The van der Waals surface area contributed by atoms with Gasteiger partial charge in [0, 0.05) is 10.5 Å². The number of rotatable bonds is 8. The predicted molar refractivity (Wildman–Crippen MR) is 128 cm³/mol. The molecule has 7 nitrogen and oxygen atoms in total. The molecule has 3 aromatic rings. The maximum absolute atomic E-state index is 13.6. The normalized spacial score (nSPS) is 11.6. The fourth-order valence-electron chi connectivity index (χ4n) is 3.14. The van der Waals surface area contributed by atoms with E-state index in [9.17, 15) is 26.4 Å². The standard InChI is InChI=1S/C23H20BrF3N2O5S/c1-33-20-11-10-17(13-21(20)34-2)35(31,32)29(16-7-5-6-15(12-16)23(25,26)27)14-22(30)28-19-9-4-3-8-18(19)24/h3-13H,14H2,1-2H3,(H,28,30). The topological polar surface area (TPSA) is 84.9 Å². The molecule has 0 saturated heterocycles. The molecule has 0 atom stereocenters. The second kappa shape index (κ2) is 10.6. The van der Waals surface area contributed by atoms with E-state index in [4.69, 9.17) is 9.47 Å². The Morgan fingerprint density at radius 2 is 1.66 bits per heavy atom. The van der Waals surface area contributed by atoms with Crippen molar-refractivity contribution < 1.29 is 35.9 Å². The van der Waals surface area contributed by atoms with E-state index in [2.05, 4.69) is 21.2 Å². The van der Waals surface area contributed by atoms with Crippen molar-refractivity contribution in [2.45, 2.75) is 11.1 Å². The zero-order valence-electron chi connectivity index (χ0n) is 18.5. The molecule has 0 aromatic heterocycles. The minimum atomic E-state index is -4.72. The second-order valence-corrected chi connectivity index (χ2v) is 9.82. The first-order chi connectivity index (χ1) is 16.5. The molecule has 35 heavy (non-hydrogen) atoms. The fraction of sp³-hybridized carbons (Fsp3) is 0.174. The number of anilines is 2. The molecule has 0 fully saturated rings. The van der Waals surface area contributed by atoms with Gasteiger partial charge in [0.25, 0.3) is 10.0 Å². The first-order valence-corrected chi connectivity index (χ1v) is 12.2. The van der Waals surface area contributed by atoms with Crippen molar-refractivity contribution >= 4 is 43.2 Å². The minimum absolute atomic E-state index is 0.0928. The summed E-state index contributed by atoms with van der Waals surface area (Å²) >= 11 is 3.28. The van der Waals surface area contributed by atoms with Crippen LogP contribution in [-0.2, 0) is 21.0 Å². The molecule has 0 aliphatic carbocycles. The van der Waals surface area contributed by atoms with Crippen molar-refractivity contribution in [2.75, 3.05) is 30.4 Å². The number of hydrogen-bond acceptors (Lipinski definition) is 5. The number of nitrogens with zero attached hydrogens (tertiary/aromatic N) is 1. The molecule has 3 rings (SSSR count). The quantitative estimate of drug-likeness (QED) is 0.395. The number of halogens is 4. The first-order valence-electron chi connectivity index (χ1n) is 9.93. The number of ether oxygens (including phenoxy) is 2. The summed E-state index contributed by atoms with van der Waals surface area (Å²) in [5.74, 6) is -0.419. The van der Waals surface area contributed by atoms with Gasteiger partial charge in [-0.3, -0.25) is 9.10 Å². The van der Waals surface area contributed by atoms with Crippen molar-refractivity contribution in [1.29, 1.82) is 0 Å². The van der Waals surface area contributed by atoms with E-state index in [1.54, 1.807) is 24.3 Å². The molecule has 0 bridgehead atoms. The molecule has 186 valence electrons. The molecule has 1 amide bonds. The maximum atomic E-state index is 13.6. The highest BCUT2D eigenvalue weighted by atomic mass is 79.9. The molecule has 0 heterocycles. The van der Waals surface area contributed by atoms with E-state index in [1.165, 1.54) is 38.5 Å². The highest BCUT2D eigenvalue weighted by molar-refractivity contribution is 9.10. The summed E-state index contributed by atoms with van der Waals surface area (Å²) in [6, 6.07) is 14.1. The predicted octanol–water partition coefficient (Wildman–Crippen LogP) is 5.32. The van der Waals surface area contributed by atoms with Crippen LogP contribution in [0.25, 0.3) is 0 Å². The zero-order chi connectivity index (χ0) is 25.8. The van der Waals surface area contributed by atoms with Crippen LogP contribution < -0.4 is 19.1 Å². The van der Waals surface area contributed by atoms with Gasteiger partial charge in [0.1, 0.15) is 6.54 Å². The molecule has 12 heteroatoms. The SMILES string of the molecule is COc1ccc(S(=O)(=O)N(CC(=O)Nc2ccccc2Br)c2cccc(C(F)(F)F)c2)cc1OC. The van der Waals surface area contributed by atoms with Gasteiger partial charge in [0.05, 0.1) is 36.1 Å². The lowest BCUT2D eigenvalue weighted by atomic mass is 10.2. The Labute approximate surface area is 208 Å². The summed E-state index contributed by atoms with van der Waals surface area (Å²) in [7, 11) is -1.84. The zero-order valence-corrected chi connectivity index (χ0v) is 20.9. The van der Waals surface area contributed by atoms with E-state index in [-0.39, 0.29) is 22.1 Å². The third kappa shape index (κ3) is 6.06. The molecule has 0 aliphatic rings. The number of methoxy groups -OCH3 is 2. The molecular formula is C23H20BrF3N2O5S. The Morgan fingerprint density at radius 1 is 0.971 bits per heavy atom. The number of nitrogens with one attached hydrogen (secondary N) is 1. The number of carbonyl (C=O) groups is 1. The van der Waals surface area contributed by atoms with E-state index in [0.29, 0.717) is 20.5 Å². The van der Waals surface area contributed by atoms with Crippen LogP contribution in [-0.4, -0.2) is 35.1 Å². The van der Waals surface area contributed by atoms with Crippen LogP contribution in [0.15, 0.2) is 76.1 Å². The first kappa shape index (κ1) is 26.4. The molecule has 0 spiro atoms. The van der Waals surface area contributed by atoms with Crippen molar-refractivity contribution in [1.82, 2.24) is 0 Å². The van der Waals surface area contributed by atoms with Gasteiger partial charge in [0.15, 0.2) is 11.5 Å². The summed E-state index contributed by atoms with van der Waals surface area (Å²) in [5.41, 5.74) is -1.03. The summed E-state index contributed by atoms with van der Waals surface area (Å²) in [6.07, 6.45) is -4.72. The van der Waals surface area contributed by atoms with Crippen LogP contribution in [0.1, 0.15) is 5.56 Å². The summed E-state index contributed by atoms with van der Waals surface area (Å²) < 4.78 is 78.6. The number of amides is 1. The number of sulfonamides is 1. The molecular weight excluding hydrogens is 553 g/mol. The van der Waals surface area contributed by atoms with Crippen LogP contribution in [0.2, 0.25) is 0 Å². The van der Waals surface area contributed by atoms with E-state index in [0.717, 1.165) is 12.1 Å². The Hall–Kier alpha value is -3.25. The summed E-state index contributed by atoms with van der Waals surface area (Å²) in [4.78, 5) is 12.5. The van der Waals surface area contributed by atoms with Gasteiger partial charge in [-0.05, 0) is 58.4 Å². The van der Waals surface area contributed by atoms with Crippen LogP contribution in [0.5, 0.6) is 11.5 Å². The van der Waals surface area contributed by atoms with Crippen LogP contribution in [0, 0.1) is 0 Å². The number of benzene rings is 3. The summed E-state index contributed by atoms with van der Waals surface area (Å²) in [6.45, 7) is -0.792. The Balaban J connectivity index is 2.07. The molecule has 0 unspecified atom stereocenters. The highest BCUT2D eigenvalue weighted by Crippen LogP contribution is 2.35. The minimum Gasteiger partial charge on any atom is -0.493 e. The number of alkyl halides is 3. The monoisotopic (exact) mass is 572 g/mol. The second-order valence-electron chi connectivity index (χ2n) is 7.10. The van der Waals surface area contributed by atoms with Crippen molar-refractivity contribution in [3.05, 3.63) is 76.8 Å². The lowest BCUT2D eigenvalue weighted by Gasteiger charge is -2.25. The van der Waals surface area contributed by atoms with Gasteiger partial charge < -0.3 is 14.8 Å². The molecule has 0 aliphatic heterocycles. The number of carbonyl (C=O) groups excluding carboxylic acids is 1. The maximum Gasteiger partial charge on any atom is 0.416 e. The Morgan fingerprint density at radius 3 is 2.29 bits per heavy atom. The smallest absolute Gasteiger partial charge is 0.416 e. The lowest BCUT2D eigenvalue weighted by molar-refractivity contribution is -0.137. The average molecular weight is 573 g/mol. The molecule has 1 N–H and O–H groups in total. The largest absolute Gasteiger partial charge is 0.493 e. The van der Waals surface area contributed by atoms with E-state index in [1.807, 2.05) is 0 Å². The molecule has 0 radical (unpaired) electrons. The van der Waals surface area contributed by atoms with Crippen LogP contribution in [0.4, 0.5) is 24.5 Å². The third-order valence-electron chi connectivity index (χ3n) is 4.84. The Kier molecular flexibility index (Phi) is 7.96. The summed E-state index contributed by atoms with van der Waals surface area (Å²) in [5, 5.41) is 2.56. The van der Waals surface area contributed by atoms with Gasteiger partial charge in [-0.1, -0.05) is 18.2 Å². The van der Waals surface area contributed by atoms with Crippen LogP contribution >= 0.6 is 15.9 Å². The van der Waals surface area contributed by atoms with E-state index < -0.39 is 34.2 Å². The van der Waals surface area contributed by atoms with Gasteiger partial charge in [-0.25, -0.2) is 8.42 Å². The van der Waals surface area contributed by atoms with Gasteiger partial charge in [-0.2, -0.15) is 13.2 Å². The van der Waals surface area contributed by atoms with Crippen molar-refractivity contribution in [2.24, 2.45) is 0 Å². The number of para-hydroxylation sites is 1. The third-order valence-corrected chi connectivity index (χ3v) is 7.30.